The van der Waals surface area contributed by atoms with Crippen LogP contribution in [0.4, 0.5) is 0 Å². The summed E-state index contributed by atoms with van der Waals surface area (Å²) in [5.41, 5.74) is 2.33. The van der Waals surface area contributed by atoms with Gasteiger partial charge in [0.2, 0.25) is 0 Å². The standard InChI is InChI=1S/C15H16O4/c1-9-4-5-10(2)14(6-9)18-8-12-7-13(15(16)17)11(3)19-12/h4-7H,8H2,1-3H3,(H,16,17). The Kier molecular flexibility index (Phi) is 3.60. The van der Waals surface area contributed by atoms with Gasteiger partial charge in [-0.05, 0) is 44.0 Å². The van der Waals surface area contributed by atoms with Gasteiger partial charge in [-0.2, -0.15) is 0 Å². The smallest absolute Gasteiger partial charge is 0.339 e. The van der Waals surface area contributed by atoms with E-state index in [0.717, 1.165) is 16.9 Å². The normalized spacial score (nSPS) is 10.5. The molecule has 0 radical (unpaired) electrons. The minimum atomic E-state index is -0.987. The number of carboxylic acids is 1. The number of aryl methyl sites for hydroxylation is 3. The van der Waals surface area contributed by atoms with Crippen molar-refractivity contribution in [3.63, 3.8) is 0 Å². The van der Waals surface area contributed by atoms with E-state index in [1.165, 1.54) is 6.07 Å². The summed E-state index contributed by atoms with van der Waals surface area (Å²) in [6, 6.07) is 7.45. The molecule has 0 aliphatic heterocycles. The van der Waals surface area contributed by atoms with E-state index in [1.54, 1.807) is 6.92 Å². The highest BCUT2D eigenvalue weighted by Crippen LogP contribution is 2.22. The van der Waals surface area contributed by atoms with Crippen LogP contribution in [0.2, 0.25) is 0 Å². The molecule has 19 heavy (non-hydrogen) atoms. The van der Waals surface area contributed by atoms with Crippen molar-refractivity contribution in [1.29, 1.82) is 0 Å². The molecule has 0 bridgehead atoms. The molecule has 2 aromatic rings. The second-order valence-corrected chi connectivity index (χ2v) is 4.55. The first-order chi connectivity index (χ1) is 8.97. The zero-order valence-electron chi connectivity index (χ0n) is 11.2. The highest BCUT2D eigenvalue weighted by atomic mass is 16.5. The van der Waals surface area contributed by atoms with Crippen molar-refractivity contribution in [2.24, 2.45) is 0 Å². The van der Waals surface area contributed by atoms with E-state index in [9.17, 15) is 4.79 Å². The third-order valence-corrected chi connectivity index (χ3v) is 2.91. The molecule has 0 spiro atoms. The zero-order chi connectivity index (χ0) is 14.0. The lowest BCUT2D eigenvalue weighted by Crippen LogP contribution is -1.97. The summed E-state index contributed by atoms with van der Waals surface area (Å²) in [5, 5.41) is 8.94. The molecule has 4 heteroatoms. The van der Waals surface area contributed by atoms with Crippen LogP contribution in [0.15, 0.2) is 28.7 Å². The first-order valence-electron chi connectivity index (χ1n) is 6.00. The molecule has 0 aliphatic carbocycles. The summed E-state index contributed by atoms with van der Waals surface area (Å²) in [6.07, 6.45) is 0. The summed E-state index contributed by atoms with van der Waals surface area (Å²) in [4.78, 5) is 10.9. The van der Waals surface area contributed by atoms with Crippen molar-refractivity contribution >= 4 is 5.97 Å². The molecule has 1 aromatic heterocycles. The van der Waals surface area contributed by atoms with Crippen LogP contribution in [0.1, 0.15) is 33.0 Å². The number of ether oxygens (including phenoxy) is 1. The van der Waals surface area contributed by atoms with Crippen LogP contribution in [0.5, 0.6) is 5.75 Å². The average molecular weight is 260 g/mol. The van der Waals surface area contributed by atoms with Crippen molar-refractivity contribution in [2.45, 2.75) is 27.4 Å². The fraction of sp³-hybridized carbons (Fsp3) is 0.267. The maximum Gasteiger partial charge on any atom is 0.339 e. The predicted octanol–water partition coefficient (Wildman–Crippen LogP) is 3.48. The lowest BCUT2D eigenvalue weighted by atomic mass is 10.1. The van der Waals surface area contributed by atoms with Crippen LogP contribution in [0.25, 0.3) is 0 Å². The van der Waals surface area contributed by atoms with Crippen molar-refractivity contribution in [2.75, 3.05) is 0 Å². The number of hydrogen-bond acceptors (Lipinski definition) is 3. The van der Waals surface area contributed by atoms with Crippen LogP contribution in [-0.4, -0.2) is 11.1 Å². The van der Waals surface area contributed by atoms with Gasteiger partial charge in [0.25, 0.3) is 0 Å². The maximum atomic E-state index is 10.9. The quantitative estimate of drug-likeness (QED) is 0.914. The Labute approximate surface area is 111 Å². The van der Waals surface area contributed by atoms with Gasteiger partial charge in [0.05, 0.1) is 0 Å². The summed E-state index contributed by atoms with van der Waals surface area (Å²) in [7, 11) is 0. The van der Waals surface area contributed by atoms with Gasteiger partial charge in [0.1, 0.15) is 29.4 Å². The first kappa shape index (κ1) is 13.2. The van der Waals surface area contributed by atoms with E-state index < -0.39 is 5.97 Å². The van der Waals surface area contributed by atoms with Crippen LogP contribution < -0.4 is 4.74 Å². The molecule has 0 atom stereocenters. The molecule has 0 fully saturated rings. The van der Waals surface area contributed by atoms with Crippen LogP contribution in [0, 0.1) is 20.8 Å². The Morgan fingerprint density at radius 3 is 2.63 bits per heavy atom. The molecule has 0 saturated carbocycles. The maximum absolute atomic E-state index is 10.9. The predicted molar refractivity (Wildman–Crippen MR) is 70.7 cm³/mol. The van der Waals surface area contributed by atoms with Crippen molar-refractivity contribution in [3.05, 3.63) is 52.5 Å². The molecule has 1 heterocycles. The molecular formula is C15H16O4. The van der Waals surface area contributed by atoms with Crippen LogP contribution >= 0.6 is 0 Å². The van der Waals surface area contributed by atoms with Gasteiger partial charge in [-0.3, -0.25) is 0 Å². The Morgan fingerprint density at radius 2 is 2.00 bits per heavy atom. The number of carbonyl (C=O) groups is 1. The number of carboxylic acid groups (broad SMARTS) is 1. The van der Waals surface area contributed by atoms with Gasteiger partial charge in [0.15, 0.2) is 0 Å². The van der Waals surface area contributed by atoms with Gasteiger partial charge in [-0.25, -0.2) is 4.79 Å². The summed E-state index contributed by atoms with van der Waals surface area (Å²) < 4.78 is 11.0. The first-order valence-corrected chi connectivity index (χ1v) is 6.00. The number of hydrogen-bond donors (Lipinski definition) is 1. The zero-order valence-corrected chi connectivity index (χ0v) is 11.2. The van der Waals surface area contributed by atoms with Crippen molar-refractivity contribution in [3.8, 4) is 5.75 Å². The van der Waals surface area contributed by atoms with E-state index in [1.807, 2.05) is 32.0 Å². The third-order valence-electron chi connectivity index (χ3n) is 2.91. The number of rotatable bonds is 4. The monoisotopic (exact) mass is 260 g/mol. The molecule has 0 saturated heterocycles. The molecule has 2 rings (SSSR count). The fourth-order valence-corrected chi connectivity index (χ4v) is 1.84. The number of furan rings is 1. The SMILES string of the molecule is Cc1ccc(C)c(OCc2cc(C(=O)O)c(C)o2)c1. The van der Waals surface area contributed by atoms with E-state index in [0.29, 0.717) is 11.5 Å². The summed E-state index contributed by atoms with van der Waals surface area (Å²) in [5.74, 6) is 0.702. The van der Waals surface area contributed by atoms with E-state index >= 15 is 0 Å². The fourth-order valence-electron chi connectivity index (χ4n) is 1.84. The van der Waals surface area contributed by atoms with Crippen LogP contribution in [0.3, 0.4) is 0 Å². The molecule has 4 nitrogen and oxygen atoms in total. The average Bonchev–Trinajstić information content (AvgIpc) is 2.72. The van der Waals surface area contributed by atoms with Crippen molar-refractivity contribution < 1.29 is 19.1 Å². The summed E-state index contributed by atoms with van der Waals surface area (Å²) >= 11 is 0. The molecule has 0 amide bonds. The molecule has 100 valence electrons. The highest BCUT2D eigenvalue weighted by molar-refractivity contribution is 5.88. The Hall–Kier alpha value is -2.23. The molecule has 1 aromatic carbocycles. The topological polar surface area (TPSA) is 59.7 Å². The van der Waals surface area contributed by atoms with Gasteiger partial charge < -0.3 is 14.3 Å². The largest absolute Gasteiger partial charge is 0.485 e. The molecule has 0 unspecified atom stereocenters. The minimum absolute atomic E-state index is 0.180. The summed E-state index contributed by atoms with van der Waals surface area (Å²) in [6.45, 7) is 5.81. The van der Waals surface area contributed by atoms with Crippen molar-refractivity contribution in [1.82, 2.24) is 0 Å². The van der Waals surface area contributed by atoms with E-state index in [2.05, 4.69) is 0 Å². The second-order valence-electron chi connectivity index (χ2n) is 4.55. The molecule has 0 aliphatic rings. The minimum Gasteiger partial charge on any atom is -0.485 e. The van der Waals surface area contributed by atoms with Gasteiger partial charge >= 0.3 is 5.97 Å². The Balaban J connectivity index is 2.12. The van der Waals surface area contributed by atoms with E-state index in [4.69, 9.17) is 14.3 Å². The Morgan fingerprint density at radius 1 is 1.26 bits per heavy atom. The lowest BCUT2D eigenvalue weighted by Gasteiger charge is -2.08. The molecular weight excluding hydrogens is 244 g/mol. The van der Waals surface area contributed by atoms with E-state index in [-0.39, 0.29) is 12.2 Å². The lowest BCUT2D eigenvalue weighted by molar-refractivity contribution is 0.0695. The number of benzene rings is 1. The third kappa shape index (κ3) is 2.96. The highest BCUT2D eigenvalue weighted by Gasteiger charge is 2.14. The van der Waals surface area contributed by atoms with Gasteiger partial charge in [0, 0.05) is 0 Å². The van der Waals surface area contributed by atoms with Crippen LogP contribution in [-0.2, 0) is 6.61 Å². The van der Waals surface area contributed by atoms with Gasteiger partial charge in [-0.1, -0.05) is 12.1 Å². The van der Waals surface area contributed by atoms with Gasteiger partial charge in [-0.15, -0.1) is 0 Å². The second kappa shape index (κ2) is 5.18. The Bertz CT molecular complexity index is 611. The molecule has 1 N–H and O–H groups in total. The number of aromatic carboxylic acids is 1.